The zero-order chi connectivity index (χ0) is 24.6. The number of pyridine rings is 1. The number of piperazine rings is 1. The third-order valence-corrected chi connectivity index (χ3v) is 5.41. The van der Waals surface area contributed by atoms with Crippen LogP contribution in [0.3, 0.4) is 0 Å². The number of hydrazine groups is 1. The Balaban J connectivity index is 2.04. The molecule has 1 saturated heterocycles. The van der Waals surface area contributed by atoms with Crippen LogP contribution >= 0.6 is 0 Å². The summed E-state index contributed by atoms with van der Waals surface area (Å²) in [5.74, 6) is 4.97. The van der Waals surface area contributed by atoms with Crippen molar-refractivity contribution in [3.05, 3.63) is 58.9 Å². The van der Waals surface area contributed by atoms with Gasteiger partial charge in [0.25, 0.3) is 5.91 Å². The van der Waals surface area contributed by atoms with Gasteiger partial charge in [-0.15, -0.1) is 0 Å². The average Bonchev–Trinajstić information content (AvgIpc) is 2.73. The van der Waals surface area contributed by atoms with E-state index in [0.717, 1.165) is 0 Å². The van der Waals surface area contributed by atoms with E-state index in [1.807, 2.05) is 11.9 Å². The molecule has 0 saturated carbocycles. The van der Waals surface area contributed by atoms with Crippen molar-refractivity contribution < 1.29 is 31.1 Å². The smallest absolute Gasteiger partial charge is 0.304 e. The molecule has 1 aromatic heterocycles. The molecule has 0 bridgehead atoms. The molecule has 0 spiro atoms. The van der Waals surface area contributed by atoms with E-state index in [2.05, 4.69) is 4.98 Å². The highest BCUT2D eigenvalue weighted by Crippen LogP contribution is 2.38. The third-order valence-electron chi connectivity index (χ3n) is 5.41. The van der Waals surface area contributed by atoms with Gasteiger partial charge in [-0.25, -0.2) is 10.9 Å². The largest absolute Gasteiger partial charge is 0.416 e. The minimum atomic E-state index is -5.06. The van der Waals surface area contributed by atoms with Crippen LogP contribution < -0.4 is 10.9 Å². The van der Waals surface area contributed by atoms with E-state index in [0.29, 0.717) is 54.7 Å². The first-order chi connectivity index (χ1) is 15.3. The van der Waals surface area contributed by atoms with Gasteiger partial charge in [0.2, 0.25) is 0 Å². The Hall–Kier alpha value is -2.70. The molecule has 1 amide bonds. The van der Waals surface area contributed by atoms with Crippen LogP contribution in [0.25, 0.3) is 0 Å². The SMILES string of the molecule is Cc1cccc(C(C(=O)N(N)c2cc(C(F)(F)F)cc(C(F)(F)F)c2)N2CCN(C)CC2)n1. The second kappa shape index (κ2) is 9.27. The summed E-state index contributed by atoms with van der Waals surface area (Å²) in [4.78, 5) is 21.6. The van der Waals surface area contributed by atoms with Crippen molar-refractivity contribution in [3.63, 3.8) is 0 Å². The molecule has 2 aromatic rings. The van der Waals surface area contributed by atoms with Crippen molar-refractivity contribution in [2.45, 2.75) is 25.3 Å². The van der Waals surface area contributed by atoms with Gasteiger partial charge in [-0.1, -0.05) is 6.07 Å². The lowest BCUT2D eigenvalue weighted by atomic mass is 10.1. The number of carbonyl (C=O) groups excluding carboxylic acids is 1. The fraction of sp³-hybridized carbons (Fsp3) is 0.429. The summed E-state index contributed by atoms with van der Waals surface area (Å²) in [5.41, 5.74) is -2.92. The van der Waals surface area contributed by atoms with Crippen LogP contribution in [0, 0.1) is 6.92 Å². The van der Waals surface area contributed by atoms with Gasteiger partial charge >= 0.3 is 12.4 Å². The highest BCUT2D eigenvalue weighted by molar-refractivity contribution is 5.96. The van der Waals surface area contributed by atoms with E-state index in [4.69, 9.17) is 5.84 Å². The molecule has 6 nitrogen and oxygen atoms in total. The summed E-state index contributed by atoms with van der Waals surface area (Å²) in [6.07, 6.45) is -10.1. The third kappa shape index (κ3) is 5.81. The number of halogens is 6. The average molecular weight is 475 g/mol. The van der Waals surface area contributed by atoms with Crippen LogP contribution in [0.1, 0.15) is 28.6 Å². The van der Waals surface area contributed by atoms with E-state index >= 15 is 0 Å². The van der Waals surface area contributed by atoms with E-state index in [9.17, 15) is 31.1 Å². The molecule has 1 aromatic carbocycles. The molecular formula is C21H23F6N5O. The summed E-state index contributed by atoms with van der Waals surface area (Å²) in [6.45, 7) is 3.81. The maximum Gasteiger partial charge on any atom is 0.416 e. The zero-order valence-corrected chi connectivity index (χ0v) is 17.9. The van der Waals surface area contributed by atoms with Crippen molar-refractivity contribution in [1.82, 2.24) is 14.8 Å². The van der Waals surface area contributed by atoms with Crippen molar-refractivity contribution in [1.29, 1.82) is 0 Å². The molecule has 1 aliphatic heterocycles. The minimum Gasteiger partial charge on any atom is -0.304 e. The standard InChI is InChI=1S/C21H23F6N5O/c1-13-4-3-5-17(29-13)18(31-8-6-30(2)7-9-31)19(33)32(28)16-11-14(20(22,23)24)10-15(12-16)21(25,26)27/h3-5,10-12,18H,6-9,28H2,1-2H3. The topological polar surface area (TPSA) is 65.7 Å². The van der Waals surface area contributed by atoms with Gasteiger partial charge in [-0.2, -0.15) is 26.3 Å². The fourth-order valence-corrected chi connectivity index (χ4v) is 3.60. The molecule has 33 heavy (non-hydrogen) atoms. The van der Waals surface area contributed by atoms with Crippen LogP contribution in [-0.4, -0.2) is 53.9 Å². The van der Waals surface area contributed by atoms with Crippen molar-refractivity contribution in [3.8, 4) is 0 Å². The molecule has 2 N–H and O–H groups in total. The number of aryl methyl sites for hydroxylation is 1. The normalized spacial score (nSPS) is 17.1. The number of carbonyl (C=O) groups is 1. The number of hydrogen-bond donors (Lipinski definition) is 1. The summed E-state index contributed by atoms with van der Waals surface area (Å²) >= 11 is 0. The van der Waals surface area contributed by atoms with Gasteiger partial charge in [-0.3, -0.25) is 14.7 Å². The van der Waals surface area contributed by atoms with Crippen LogP contribution in [0.15, 0.2) is 36.4 Å². The lowest BCUT2D eigenvalue weighted by molar-refractivity contribution is -0.143. The van der Waals surface area contributed by atoms with Gasteiger partial charge in [0.1, 0.15) is 6.04 Å². The van der Waals surface area contributed by atoms with Gasteiger partial charge in [0, 0.05) is 31.9 Å². The highest BCUT2D eigenvalue weighted by Gasteiger charge is 2.39. The Labute approximate surface area is 186 Å². The van der Waals surface area contributed by atoms with Gasteiger partial charge in [0.05, 0.1) is 22.5 Å². The molecule has 1 aliphatic rings. The lowest BCUT2D eigenvalue weighted by Gasteiger charge is -2.38. The molecule has 3 rings (SSSR count). The second-order valence-electron chi connectivity index (χ2n) is 7.92. The van der Waals surface area contributed by atoms with E-state index in [-0.39, 0.29) is 6.07 Å². The van der Waals surface area contributed by atoms with Gasteiger partial charge in [0.15, 0.2) is 0 Å². The van der Waals surface area contributed by atoms with E-state index < -0.39 is 41.1 Å². The van der Waals surface area contributed by atoms with E-state index in [1.165, 1.54) is 0 Å². The number of alkyl halides is 6. The monoisotopic (exact) mass is 475 g/mol. The number of aromatic nitrogens is 1. The first kappa shape index (κ1) is 24.9. The highest BCUT2D eigenvalue weighted by atomic mass is 19.4. The molecular weight excluding hydrogens is 452 g/mol. The first-order valence-corrected chi connectivity index (χ1v) is 10.0. The summed E-state index contributed by atoms with van der Waals surface area (Å²) in [5, 5.41) is 0.345. The number of benzene rings is 1. The number of amides is 1. The predicted octanol–water partition coefficient (Wildman–Crippen LogP) is 3.62. The van der Waals surface area contributed by atoms with Crippen LogP contribution in [-0.2, 0) is 17.1 Å². The molecule has 0 radical (unpaired) electrons. The van der Waals surface area contributed by atoms with Crippen LogP contribution in [0.5, 0.6) is 0 Å². The summed E-state index contributed by atoms with van der Waals surface area (Å²) < 4.78 is 79.6. The maximum absolute atomic E-state index is 13.4. The van der Waals surface area contributed by atoms with Crippen LogP contribution in [0.2, 0.25) is 0 Å². The molecule has 1 fully saturated rings. The Morgan fingerprint density at radius 1 is 1.00 bits per heavy atom. The fourth-order valence-electron chi connectivity index (χ4n) is 3.60. The zero-order valence-electron chi connectivity index (χ0n) is 17.9. The quantitative estimate of drug-likeness (QED) is 0.317. The Morgan fingerprint density at radius 2 is 1.55 bits per heavy atom. The molecule has 180 valence electrons. The van der Waals surface area contributed by atoms with Gasteiger partial charge in [-0.05, 0) is 44.3 Å². The number of hydrogen-bond acceptors (Lipinski definition) is 5. The summed E-state index contributed by atoms with van der Waals surface area (Å²) in [7, 11) is 1.90. The van der Waals surface area contributed by atoms with Gasteiger partial charge < -0.3 is 4.90 Å². The van der Waals surface area contributed by atoms with Crippen molar-refractivity contribution >= 4 is 11.6 Å². The molecule has 0 aliphatic carbocycles. The first-order valence-electron chi connectivity index (χ1n) is 10.0. The summed E-state index contributed by atoms with van der Waals surface area (Å²) in [6, 6.07) is 4.72. The van der Waals surface area contributed by atoms with E-state index in [1.54, 1.807) is 30.0 Å². The molecule has 1 atom stereocenters. The Kier molecular flexibility index (Phi) is 7.01. The number of nitrogens with zero attached hydrogens (tertiary/aromatic N) is 4. The number of rotatable bonds is 4. The number of nitrogens with two attached hydrogens (primary N) is 1. The lowest BCUT2D eigenvalue weighted by Crippen LogP contribution is -2.52. The van der Waals surface area contributed by atoms with Crippen LogP contribution in [0.4, 0.5) is 32.0 Å². The molecule has 1 unspecified atom stereocenters. The predicted molar refractivity (Wildman–Crippen MR) is 109 cm³/mol. The Morgan fingerprint density at radius 3 is 2.03 bits per heavy atom. The number of likely N-dealkylation sites (N-methyl/N-ethyl adjacent to an activating group) is 1. The number of anilines is 1. The second-order valence-corrected chi connectivity index (χ2v) is 7.92. The van der Waals surface area contributed by atoms with Crippen molar-refractivity contribution in [2.75, 3.05) is 38.2 Å². The maximum atomic E-state index is 13.4. The molecule has 2 heterocycles. The minimum absolute atomic E-state index is 0.0120. The Bertz CT molecular complexity index is 969. The van der Waals surface area contributed by atoms with Crippen molar-refractivity contribution in [2.24, 2.45) is 5.84 Å². The molecule has 12 heteroatoms.